The van der Waals surface area contributed by atoms with Gasteiger partial charge >= 0.3 is 0 Å². The van der Waals surface area contributed by atoms with Crippen LogP contribution in [0.3, 0.4) is 0 Å². The Morgan fingerprint density at radius 1 is 1.24 bits per heavy atom. The fourth-order valence-electron chi connectivity index (χ4n) is 3.76. The first-order valence-electron chi connectivity index (χ1n) is 7.70. The summed E-state index contributed by atoms with van der Waals surface area (Å²) in [6.45, 7) is 3.50. The summed E-state index contributed by atoms with van der Waals surface area (Å²) in [5.74, 6) is 0.226. The number of hydrogen-bond acceptors (Lipinski definition) is 3. The van der Waals surface area contributed by atoms with Crippen LogP contribution in [0.1, 0.15) is 12.8 Å². The van der Waals surface area contributed by atoms with Gasteiger partial charge in [0.25, 0.3) is 0 Å². The zero-order valence-corrected chi connectivity index (χ0v) is 12.9. The van der Waals surface area contributed by atoms with Gasteiger partial charge < -0.3 is 14.5 Å². The SMILES string of the molecule is COCC1C(=O)N(c2ccccc2)CC12CCN(C)CC2. The van der Waals surface area contributed by atoms with Crippen LogP contribution in [-0.2, 0) is 9.53 Å². The molecule has 0 bridgehead atoms. The fourth-order valence-corrected chi connectivity index (χ4v) is 3.76. The van der Waals surface area contributed by atoms with E-state index in [1.54, 1.807) is 7.11 Å². The van der Waals surface area contributed by atoms with Gasteiger partial charge in [0, 0.05) is 24.8 Å². The number of nitrogens with zero attached hydrogens (tertiary/aromatic N) is 2. The highest BCUT2D eigenvalue weighted by atomic mass is 16.5. The second-order valence-corrected chi connectivity index (χ2v) is 6.43. The Kier molecular flexibility index (Phi) is 4.00. The van der Waals surface area contributed by atoms with Gasteiger partial charge in [0.2, 0.25) is 5.91 Å². The van der Waals surface area contributed by atoms with E-state index in [-0.39, 0.29) is 17.2 Å². The summed E-state index contributed by atoms with van der Waals surface area (Å²) >= 11 is 0. The molecular formula is C17H24N2O2. The first-order chi connectivity index (χ1) is 10.2. The number of ether oxygens (including phenoxy) is 1. The van der Waals surface area contributed by atoms with E-state index in [0.717, 1.165) is 38.2 Å². The molecule has 1 amide bonds. The Balaban J connectivity index is 1.88. The lowest BCUT2D eigenvalue weighted by atomic mass is 9.71. The van der Waals surface area contributed by atoms with Crippen LogP contribution >= 0.6 is 0 Å². The van der Waals surface area contributed by atoms with Gasteiger partial charge in [0.1, 0.15) is 0 Å². The maximum atomic E-state index is 12.9. The molecule has 2 aliphatic heterocycles. The molecule has 114 valence electrons. The molecule has 1 aromatic rings. The standard InChI is InChI=1S/C17H24N2O2/c1-18-10-8-17(9-11-18)13-19(14-6-4-3-5-7-14)16(20)15(17)12-21-2/h3-7,15H,8-13H2,1-2H3. The maximum Gasteiger partial charge on any atom is 0.233 e. The number of anilines is 1. The average Bonchev–Trinajstić information content (AvgIpc) is 2.78. The molecule has 2 aliphatic rings. The molecule has 21 heavy (non-hydrogen) atoms. The Bertz CT molecular complexity index is 495. The third-order valence-electron chi connectivity index (χ3n) is 5.16. The number of hydrogen-bond donors (Lipinski definition) is 0. The molecule has 2 saturated heterocycles. The van der Waals surface area contributed by atoms with Crippen molar-refractivity contribution in [2.24, 2.45) is 11.3 Å². The van der Waals surface area contributed by atoms with Crippen LogP contribution in [0.4, 0.5) is 5.69 Å². The number of benzene rings is 1. The number of rotatable bonds is 3. The predicted molar refractivity (Wildman–Crippen MR) is 83.3 cm³/mol. The Labute approximate surface area is 126 Å². The van der Waals surface area contributed by atoms with Gasteiger partial charge in [-0.15, -0.1) is 0 Å². The summed E-state index contributed by atoms with van der Waals surface area (Å²) in [7, 11) is 3.85. The topological polar surface area (TPSA) is 32.8 Å². The van der Waals surface area contributed by atoms with Gasteiger partial charge in [-0.25, -0.2) is 0 Å². The van der Waals surface area contributed by atoms with Crippen molar-refractivity contribution in [2.45, 2.75) is 12.8 Å². The quantitative estimate of drug-likeness (QED) is 0.853. The smallest absolute Gasteiger partial charge is 0.233 e. The monoisotopic (exact) mass is 288 g/mol. The molecule has 2 heterocycles. The van der Waals surface area contributed by atoms with Crippen molar-refractivity contribution >= 4 is 11.6 Å². The van der Waals surface area contributed by atoms with Crippen LogP contribution in [0.15, 0.2) is 30.3 Å². The number of methoxy groups -OCH3 is 1. The minimum atomic E-state index is -0.00333. The molecule has 0 N–H and O–H groups in total. The molecular weight excluding hydrogens is 264 g/mol. The van der Waals surface area contributed by atoms with Crippen LogP contribution in [0, 0.1) is 11.3 Å². The van der Waals surface area contributed by atoms with E-state index >= 15 is 0 Å². The molecule has 0 radical (unpaired) electrons. The molecule has 2 fully saturated rings. The minimum Gasteiger partial charge on any atom is -0.384 e. The third-order valence-corrected chi connectivity index (χ3v) is 5.16. The normalized spacial score (nSPS) is 25.7. The molecule has 4 nitrogen and oxygen atoms in total. The van der Waals surface area contributed by atoms with E-state index < -0.39 is 0 Å². The second-order valence-electron chi connectivity index (χ2n) is 6.43. The summed E-state index contributed by atoms with van der Waals surface area (Å²) in [6, 6.07) is 10.0. The van der Waals surface area contributed by atoms with Crippen molar-refractivity contribution in [1.82, 2.24) is 4.90 Å². The lowest BCUT2D eigenvalue weighted by Crippen LogP contribution is -2.44. The van der Waals surface area contributed by atoms with Gasteiger partial charge in [-0.1, -0.05) is 18.2 Å². The first kappa shape index (κ1) is 14.5. The van der Waals surface area contributed by atoms with Gasteiger partial charge in [0.05, 0.1) is 12.5 Å². The highest BCUT2D eigenvalue weighted by Gasteiger charge is 2.53. The van der Waals surface area contributed by atoms with E-state index in [1.165, 1.54) is 0 Å². The van der Waals surface area contributed by atoms with Crippen LogP contribution < -0.4 is 4.90 Å². The zero-order valence-electron chi connectivity index (χ0n) is 12.9. The Morgan fingerprint density at radius 2 is 1.90 bits per heavy atom. The number of carbonyl (C=O) groups excluding carboxylic acids is 1. The molecule has 0 aromatic heterocycles. The van der Waals surface area contributed by atoms with E-state index in [9.17, 15) is 4.79 Å². The summed E-state index contributed by atoms with van der Waals surface area (Å²) in [6.07, 6.45) is 2.15. The van der Waals surface area contributed by atoms with Crippen LogP contribution in [-0.4, -0.2) is 51.2 Å². The fraction of sp³-hybridized carbons (Fsp3) is 0.588. The summed E-state index contributed by atoms with van der Waals surface area (Å²) in [5.41, 5.74) is 1.09. The van der Waals surface area contributed by atoms with Crippen LogP contribution in [0.25, 0.3) is 0 Å². The Hall–Kier alpha value is -1.39. The lowest BCUT2D eigenvalue weighted by Gasteiger charge is -2.40. The number of carbonyl (C=O) groups is 1. The van der Waals surface area contributed by atoms with Crippen molar-refractivity contribution in [2.75, 3.05) is 45.3 Å². The lowest BCUT2D eigenvalue weighted by molar-refractivity contribution is -0.125. The third kappa shape index (κ3) is 2.58. The van der Waals surface area contributed by atoms with Crippen molar-refractivity contribution in [1.29, 1.82) is 0 Å². The van der Waals surface area contributed by atoms with Gasteiger partial charge in [-0.3, -0.25) is 4.79 Å². The highest BCUT2D eigenvalue weighted by molar-refractivity contribution is 5.98. The minimum absolute atomic E-state index is 0.00333. The van der Waals surface area contributed by atoms with Crippen molar-refractivity contribution < 1.29 is 9.53 Å². The summed E-state index contributed by atoms with van der Waals surface area (Å²) in [4.78, 5) is 17.2. The molecule has 0 aliphatic carbocycles. The molecule has 4 heteroatoms. The summed E-state index contributed by atoms with van der Waals surface area (Å²) in [5, 5.41) is 0. The van der Waals surface area contributed by atoms with E-state index in [1.807, 2.05) is 35.2 Å². The molecule has 1 aromatic carbocycles. The van der Waals surface area contributed by atoms with E-state index in [4.69, 9.17) is 4.74 Å². The van der Waals surface area contributed by atoms with Crippen molar-refractivity contribution in [3.63, 3.8) is 0 Å². The number of piperidine rings is 1. The Morgan fingerprint density at radius 3 is 2.52 bits per heavy atom. The molecule has 0 saturated carbocycles. The van der Waals surface area contributed by atoms with Gasteiger partial charge in [-0.2, -0.15) is 0 Å². The highest BCUT2D eigenvalue weighted by Crippen LogP contribution is 2.46. The van der Waals surface area contributed by atoms with Crippen LogP contribution in [0.5, 0.6) is 0 Å². The first-order valence-corrected chi connectivity index (χ1v) is 7.70. The predicted octanol–water partition coefficient (Wildman–Crippen LogP) is 2.01. The van der Waals surface area contributed by atoms with Gasteiger partial charge in [-0.05, 0) is 45.1 Å². The van der Waals surface area contributed by atoms with Crippen molar-refractivity contribution in [3.8, 4) is 0 Å². The summed E-state index contributed by atoms with van der Waals surface area (Å²) < 4.78 is 5.37. The number of para-hydroxylation sites is 1. The maximum absolute atomic E-state index is 12.9. The second kappa shape index (κ2) is 5.78. The van der Waals surface area contributed by atoms with E-state index in [2.05, 4.69) is 11.9 Å². The zero-order chi connectivity index (χ0) is 14.9. The van der Waals surface area contributed by atoms with Crippen LogP contribution in [0.2, 0.25) is 0 Å². The average molecular weight is 288 g/mol. The molecule has 1 unspecified atom stereocenters. The largest absolute Gasteiger partial charge is 0.384 e. The number of likely N-dealkylation sites (tertiary alicyclic amines) is 1. The molecule has 1 spiro atoms. The molecule has 3 rings (SSSR count). The molecule has 1 atom stereocenters. The van der Waals surface area contributed by atoms with Gasteiger partial charge in [0.15, 0.2) is 0 Å². The number of amides is 1. The van der Waals surface area contributed by atoms with E-state index in [0.29, 0.717) is 6.61 Å². The van der Waals surface area contributed by atoms with Crippen molar-refractivity contribution in [3.05, 3.63) is 30.3 Å².